The summed E-state index contributed by atoms with van der Waals surface area (Å²) in [6, 6.07) is 11.2. The number of benzene rings is 1. The molecular weight excluding hydrogens is 172 g/mol. The Labute approximate surface area is 85.9 Å². The Bertz CT molecular complexity index is 271. The van der Waals surface area contributed by atoms with Crippen molar-refractivity contribution in [2.75, 3.05) is 26.2 Å². The van der Waals surface area contributed by atoms with Gasteiger partial charge in [-0.15, -0.1) is 0 Å². The van der Waals surface area contributed by atoms with E-state index in [0.717, 1.165) is 19.6 Å². The number of hydrogen-bond donors (Lipinski definition) is 1. The van der Waals surface area contributed by atoms with Gasteiger partial charge in [0, 0.05) is 25.7 Å². The maximum Gasteiger partial charge on any atom is 0.0449 e. The number of nitrogens with zero attached hydrogens (tertiary/aromatic N) is 1. The molecule has 2 nitrogen and oxygen atoms in total. The minimum absolute atomic E-state index is 0.518. The Balaban J connectivity index is 2.04. The summed E-state index contributed by atoms with van der Waals surface area (Å²) < 4.78 is 0. The summed E-state index contributed by atoms with van der Waals surface area (Å²) in [6.45, 7) is 6.81. The second kappa shape index (κ2) is 4.58. The standard InChI is InChI=1S/C12H18N2/c1-2-14-9-8-13-12(10-14)11-6-4-3-5-7-11/h3-7,12-13H,2,8-10H2,1H3/t12-/m1/s1. The molecule has 0 bridgehead atoms. The van der Waals surface area contributed by atoms with E-state index in [1.807, 2.05) is 0 Å². The fourth-order valence-corrected chi connectivity index (χ4v) is 2.01. The van der Waals surface area contributed by atoms with Crippen LogP contribution in [0.5, 0.6) is 0 Å². The van der Waals surface area contributed by atoms with Gasteiger partial charge in [-0.05, 0) is 12.1 Å². The van der Waals surface area contributed by atoms with Crippen LogP contribution in [0.2, 0.25) is 0 Å². The van der Waals surface area contributed by atoms with Crippen molar-refractivity contribution in [3.8, 4) is 0 Å². The largest absolute Gasteiger partial charge is 0.308 e. The van der Waals surface area contributed by atoms with Crippen LogP contribution in [0.1, 0.15) is 18.5 Å². The van der Waals surface area contributed by atoms with Crippen LogP contribution in [-0.4, -0.2) is 31.1 Å². The number of rotatable bonds is 2. The fraction of sp³-hybridized carbons (Fsp3) is 0.500. The first kappa shape index (κ1) is 9.69. The third kappa shape index (κ3) is 2.14. The molecule has 1 aliphatic rings. The van der Waals surface area contributed by atoms with Crippen molar-refractivity contribution in [2.45, 2.75) is 13.0 Å². The Hall–Kier alpha value is -0.860. The molecule has 0 radical (unpaired) electrons. The van der Waals surface area contributed by atoms with Crippen molar-refractivity contribution < 1.29 is 0 Å². The van der Waals surface area contributed by atoms with E-state index in [0.29, 0.717) is 6.04 Å². The van der Waals surface area contributed by atoms with Gasteiger partial charge >= 0.3 is 0 Å². The second-order valence-corrected chi connectivity index (χ2v) is 3.81. The molecule has 14 heavy (non-hydrogen) atoms. The van der Waals surface area contributed by atoms with E-state index in [1.54, 1.807) is 0 Å². The number of likely N-dealkylation sites (N-methyl/N-ethyl adjacent to an activating group) is 1. The van der Waals surface area contributed by atoms with Crippen molar-refractivity contribution in [1.29, 1.82) is 0 Å². The normalized spacial score (nSPS) is 23.6. The second-order valence-electron chi connectivity index (χ2n) is 3.81. The van der Waals surface area contributed by atoms with Crippen LogP contribution in [0.3, 0.4) is 0 Å². The molecule has 1 aromatic carbocycles. The highest BCUT2D eigenvalue weighted by Crippen LogP contribution is 2.16. The van der Waals surface area contributed by atoms with Gasteiger partial charge in [0.2, 0.25) is 0 Å². The molecule has 76 valence electrons. The molecule has 1 saturated heterocycles. The molecule has 1 heterocycles. The van der Waals surface area contributed by atoms with Crippen LogP contribution in [0.25, 0.3) is 0 Å². The fourth-order valence-electron chi connectivity index (χ4n) is 2.01. The van der Waals surface area contributed by atoms with Gasteiger partial charge in [-0.3, -0.25) is 0 Å². The first-order valence-corrected chi connectivity index (χ1v) is 5.41. The van der Waals surface area contributed by atoms with Crippen LogP contribution in [0.15, 0.2) is 30.3 Å². The topological polar surface area (TPSA) is 15.3 Å². The lowest BCUT2D eigenvalue weighted by molar-refractivity contribution is 0.210. The molecule has 1 aliphatic heterocycles. The minimum atomic E-state index is 0.518. The predicted octanol–water partition coefficient (Wildman–Crippen LogP) is 1.65. The number of hydrogen-bond acceptors (Lipinski definition) is 2. The quantitative estimate of drug-likeness (QED) is 0.763. The predicted molar refractivity (Wildman–Crippen MR) is 59.3 cm³/mol. The molecule has 0 spiro atoms. The van der Waals surface area contributed by atoms with E-state index in [1.165, 1.54) is 12.1 Å². The molecule has 1 N–H and O–H groups in total. The van der Waals surface area contributed by atoms with E-state index in [9.17, 15) is 0 Å². The van der Waals surface area contributed by atoms with Gasteiger partial charge in [0.05, 0.1) is 0 Å². The Morgan fingerprint density at radius 1 is 1.36 bits per heavy atom. The van der Waals surface area contributed by atoms with Crippen LogP contribution < -0.4 is 5.32 Å². The first-order chi connectivity index (χ1) is 6.90. The van der Waals surface area contributed by atoms with E-state index in [-0.39, 0.29) is 0 Å². The van der Waals surface area contributed by atoms with Crippen molar-refractivity contribution in [2.24, 2.45) is 0 Å². The maximum absolute atomic E-state index is 3.56. The van der Waals surface area contributed by atoms with Crippen LogP contribution in [-0.2, 0) is 0 Å². The zero-order chi connectivity index (χ0) is 9.80. The summed E-state index contributed by atoms with van der Waals surface area (Å²) >= 11 is 0. The lowest BCUT2D eigenvalue weighted by Crippen LogP contribution is -2.45. The van der Waals surface area contributed by atoms with Gasteiger partial charge in [-0.1, -0.05) is 37.3 Å². The molecular formula is C12H18N2. The highest BCUT2D eigenvalue weighted by atomic mass is 15.2. The highest BCUT2D eigenvalue weighted by Gasteiger charge is 2.18. The van der Waals surface area contributed by atoms with Crippen LogP contribution >= 0.6 is 0 Å². The van der Waals surface area contributed by atoms with Gasteiger partial charge < -0.3 is 10.2 Å². The Morgan fingerprint density at radius 2 is 2.14 bits per heavy atom. The van der Waals surface area contributed by atoms with Crippen molar-refractivity contribution in [1.82, 2.24) is 10.2 Å². The van der Waals surface area contributed by atoms with Gasteiger partial charge in [0.25, 0.3) is 0 Å². The third-order valence-electron chi connectivity index (χ3n) is 2.91. The van der Waals surface area contributed by atoms with Crippen LogP contribution in [0.4, 0.5) is 0 Å². The SMILES string of the molecule is CCN1CCN[C@@H](c2ccccc2)C1. The van der Waals surface area contributed by atoms with Crippen molar-refractivity contribution >= 4 is 0 Å². The van der Waals surface area contributed by atoms with Crippen molar-refractivity contribution in [3.05, 3.63) is 35.9 Å². The summed E-state index contributed by atoms with van der Waals surface area (Å²) in [5, 5.41) is 3.56. The lowest BCUT2D eigenvalue weighted by atomic mass is 10.0. The average molecular weight is 190 g/mol. The van der Waals surface area contributed by atoms with Gasteiger partial charge in [0.15, 0.2) is 0 Å². The van der Waals surface area contributed by atoms with E-state index >= 15 is 0 Å². The number of piperazine rings is 1. The molecule has 0 saturated carbocycles. The lowest BCUT2D eigenvalue weighted by Gasteiger charge is -2.33. The molecule has 0 unspecified atom stereocenters. The Morgan fingerprint density at radius 3 is 2.86 bits per heavy atom. The molecule has 1 aromatic rings. The minimum Gasteiger partial charge on any atom is -0.308 e. The maximum atomic E-state index is 3.56. The molecule has 2 heteroatoms. The van der Waals surface area contributed by atoms with Crippen LogP contribution in [0, 0.1) is 0 Å². The summed E-state index contributed by atoms with van der Waals surface area (Å²) in [5.74, 6) is 0. The summed E-state index contributed by atoms with van der Waals surface area (Å²) in [5.41, 5.74) is 1.41. The molecule has 1 atom stereocenters. The van der Waals surface area contributed by atoms with E-state index in [4.69, 9.17) is 0 Å². The average Bonchev–Trinajstić information content (AvgIpc) is 2.30. The number of nitrogens with one attached hydrogen (secondary N) is 1. The van der Waals surface area contributed by atoms with Gasteiger partial charge in [-0.2, -0.15) is 0 Å². The molecule has 1 fully saturated rings. The van der Waals surface area contributed by atoms with Gasteiger partial charge in [-0.25, -0.2) is 0 Å². The van der Waals surface area contributed by atoms with Gasteiger partial charge in [0.1, 0.15) is 0 Å². The monoisotopic (exact) mass is 190 g/mol. The first-order valence-electron chi connectivity index (χ1n) is 5.41. The molecule has 0 aromatic heterocycles. The molecule has 0 amide bonds. The molecule has 0 aliphatic carbocycles. The highest BCUT2D eigenvalue weighted by molar-refractivity contribution is 5.19. The zero-order valence-electron chi connectivity index (χ0n) is 8.74. The summed E-state index contributed by atoms with van der Waals surface area (Å²) in [4.78, 5) is 2.49. The van der Waals surface area contributed by atoms with Crippen molar-refractivity contribution in [3.63, 3.8) is 0 Å². The Kier molecular flexibility index (Phi) is 3.17. The summed E-state index contributed by atoms with van der Waals surface area (Å²) in [6.07, 6.45) is 0. The smallest absolute Gasteiger partial charge is 0.0449 e. The zero-order valence-corrected chi connectivity index (χ0v) is 8.74. The van der Waals surface area contributed by atoms with E-state index < -0.39 is 0 Å². The molecule has 2 rings (SSSR count). The van der Waals surface area contributed by atoms with E-state index in [2.05, 4.69) is 47.5 Å². The summed E-state index contributed by atoms with van der Waals surface area (Å²) in [7, 11) is 0. The third-order valence-corrected chi connectivity index (χ3v) is 2.91.